The topological polar surface area (TPSA) is 58.6 Å². The quantitative estimate of drug-likeness (QED) is 0.785. The summed E-state index contributed by atoms with van der Waals surface area (Å²) >= 11 is 1.55. The highest BCUT2D eigenvalue weighted by molar-refractivity contribution is 7.17. The van der Waals surface area contributed by atoms with Gasteiger partial charge in [-0.25, -0.2) is 4.79 Å². The van der Waals surface area contributed by atoms with Gasteiger partial charge in [0.2, 0.25) is 5.91 Å². The Balaban J connectivity index is 1.54. The molecule has 1 N–H and O–H groups in total. The Morgan fingerprint density at radius 2 is 1.89 bits per heavy atom. The Morgan fingerprint density at radius 3 is 2.71 bits per heavy atom. The van der Waals surface area contributed by atoms with Crippen molar-refractivity contribution in [2.75, 3.05) is 30.4 Å². The SMILES string of the molecule is COC(=O)c1c(NC(=O)CN2CCc3ccccc32)sc2c1CCCCCC2. The second-order valence-electron chi connectivity index (χ2n) is 7.46. The number of carbonyl (C=O) groups is 2. The Hall–Kier alpha value is -2.34. The summed E-state index contributed by atoms with van der Waals surface area (Å²) in [6.07, 6.45) is 7.43. The Bertz CT molecular complexity index is 890. The number of amides is 1. The number of nitrogens with zero attached hydrogens (tertiary/aromatic N) is 1. The largest absolute Gasteiger partial charge is 0.465 e. The second-order valence-corrected chi connectivity index (χ2v) is 8.57. The van der Waals surface area contributed by atoms with E-state index in [1.807, 2.05) is 12.1 Å². The summed E-state index contributed by atoms with van der Waals surface area (Å²) in [6, 6.07) is 8.21. The van der Waals surface area contributed by atoms with Gasteiger partial charge in [-0.3, -0.25) is 4.79 Å². The number of para-hydroxylation sites is 1. The first kappa shape index (κ1) is 19.0. The molecule has 28 heavy (non-hydrogen) atoms. The highest BCUT2D eigenvalue weighted by Gasteiger charge is 2.27. The highest BCUT2D eigenvalue weighted by Crippen LogP contribution is 2.37. The van der Waals surface area contributed by atoms with Gasteiger partial charge in [0.25, 0.3) is 0 Å². The number of rotatable bonds is 4. The van der Waals surface area contributed by atoms with Crippen molar-refractivity contribution in [3.05, 3.63) is 45.8 Å². The predicted octanol–water partition coefficient (Wildman–Crippen LogP) is 4.19. The molecule has 6 heteroatoms. The molecule has 0 fully saturated rings. The summed E-state index contributed by atoms with van der Waals surface area (Å²) in [5.74, 6) is -0.434. The fourth-order valence-electron chi connectivity index (χ4n) is 4.24. The number of esters is 1. The summed E-state index contributed by atoms with van der Waals surface area (Å²) in [4.78, 5) is 28.6. The molecule has 0 spiro atoms. The van der Waals surface area contributed by atoms with Crippen molar-refractivity contribution in [2.45, 2.75) is 44.9 Å². The zero-order valence-electron chi connectivity index (χ0n) is 16.3. The first-order valence-corrected chi connectivity index (χ1v) is 10.8. The molecule has 1 aliphatic heterocycles. The Labute approximate surface area is 169 Å². The number of methoxy groups -OCH3 is 1. The maximum atomic E-state index is 12.8. The van der Waals surface area contributed by atoms with E-state index in [1.54, 1.807) is 11.3 Å². The fourth-order valence-corrected chi connectivity index (χ4v) is 5.53. The molecule has 2 aliphatic rings. The molecule has 0 atom stereocenters. The number of benzene rings is 1. The van der Waals surface area contributed by atoms with Crippen molar-refractivity contribution >= 4 is 33.9 Å². The van der Waals surface area contributed by atoms with Gasteiger partial charge in [0.05, 0.1) is 19.2 Å². The average molecular weight is 399 g/mol. The van der Waals surface area contributed by atoms with E-state index in [-0.39, 0.29) is 11.9 Å². The van der Waals surface area contributed by atoms with Gasteiger partial charge in [0.15, 0.2) is 0 Å². The minimum atomic E-state index is -0.347. The van der Waals surface area contributed by atoms with Gasteiger partial charge in [0, 0.05) is 17.1 Å². The molecule has 0 bridgehead atoms. The molecule has 1 aliphatic carbocycles. The summed E-state index contributed by atoms with van der Waals surface area (Å²) in [7, 11) is 1.40. The minimum absolute atomic E-state index is 0.0870. The van der Waals surface area contributed by atoms with Crippen LogP contribution in [0.25, 0.3) is 0 Å². The summed E-state index contributed by atoms with van der Waals surface area (Å²) in [5, 5.41) is 3.67. The molecule has 1 aromatic heterocycles. The zero-order chi connectivity index (χ0) is 19.5. The molecule has 0 saturated carbocycles. The van der Waals surface area contributed by atoms with Crippen LogP contribution in [0.4, 0.5) is 10.7 Å². The summed E-state index contributed by atoms with van der Waals surface area (Å²) < 4.78 is 5.04. The van der Waals surface area contributed by atoms with Crippen LogP contribution in [0, 0.1) is 0 Å². The van der Waals surface area contributed by atoms with Crippen LogP contribution in [-0.4, -0.2) is 32.1 Å². The molecule has 4 rings (SSSR count). The third-order valence-corrected chi connectivity index (χ3v) is 6.84. The van der Waals surface area contributed by atoms with E-state index in [0.29, 0.717) is 17.1 Å². The van der Waals surface area contributed by atoms with Gasteiger partial charge in [-0.2, -0.15) is 0 Å². The standard InChI is InChI=1S/C22H26N2O3S/c1-27-22(26)20-16-9-4-2-3-5-11-18(16)28-21(20)23-19(25)14-24-13-12-15-8-6-7-10-17(15)24/h6-8,10H,2-5,9,11-14H2,1H3,(H,23,25). The van der Waals surface area contributed by atoms with Crippen LogP contribution in [0.5, 0.6) is 0 Å². The number of hydrogen-bond donors (Lipinski definition) is 1. The molecule has 0 unspecified atom stereocenters. The van der Waals surface area contributed by atoms with Crippen molar-refractivity contribution < 1.29 is 14.3 Å². The van der Waals surface area contributed by atoms with Gasteiger partial charge in [0.1, 0.15) is 5.00 Å². The lowest BCUT2D eigenvalue weighted by atomic mass is 9.96. The minimum Gasteiger partial charge on any atom is -0.465 e. The number of fused-ring (bicyclic) bond motifs is 2. The smallest absolute Gasteiger partial charge is 0.341 e. The molecule has 1 amide bonds. The molecule has 0 saturated heterocycles. The normalized spacial score (nSPS) is 16.0. The molecular formula is C22H26N2O3S. The van der Waals surface area contributed by atoms with Crippen LogP contribution >= 0.6 is 11.3 Å². The first-order chi connectivity index (χ1) is 13.7. The van der Waals surface area contributed by atoms with E-state index in [9.17, 15) is 9.59 Å². The number of aryl methyl sites for hydroxylation is 1. The lowest BCUT2D eigenvalue weighted by Crippen LogP contribution is -2.32. The third kappa shape index (κ3) is 3.78. The van der Waals surface area contributed by atoms with E-state index in [0.717, 1.165) is 49.9 Å². The van der Waals surface area contributed by atoms with E-state index in [1.165, 1.54) is 30.4 Å². The highest BCUT2D eigenvalue weighted by atomic mass is 32.1. The molecule has 5 nitrogen and oxygen atoms in total. The van der Waals surface area contributed by atoms with Crippen LogP contribution in [-0.2, 0) is 28.8 Å². The van der Waals surface area contributed by atoms with Crippen molar-refractivity contribution in [3.63, 3.8) is 0 Å². The van der Waals surface area contributed by atoms with Crippen LogP contribution < -0.4 is 10.2 Å². The van der Waals surface area contributed by atoms with E-state index in [2.05, 4.69) is 22.3 Å². The van der Waals surface area contributed by atoms with E-state index >= 15 is 0 Å². The van der Waals surface area contributed by atoms with Crippen molar-refractivity contribution in [2.24, 2.45) is 0 Å². The number of anilines is 2. The Kier molecular flexibility index (Phi) is 5.67. The Morgan fingerprint density at radius 1 is 1.11 bits per heavy atom. The number of thiophene rings is 1. The zero-order valence-corrected chi connectivity index (χ0v) is 17.1. The van der Waals surface area contributed by atoms with Crippen LogP contribution in [0.15, 0.2) is 24.3 Å². The molecule has 2 aromatic rings. The lowest BCUT2D eigenvalue weighted by Gasteiger charge is -2.18. The van der Waals surface area contributed by atoms with Gasteiger partial charge < -0.3 is 15.0 Å². The van der Waals surface area contributed by atoms with Crippen molar-refractivity contribution in [1.29, 1.82) is 0 Å². The van der Waals surface area contributed by atoms with Crippen LogP contribution in [0.2, 0.25) is 0 Å². The molecule has 0 radical (unpaired) electrons. The van der Waals surface area contributed by atoms with Gasteiger partial charge >= 0.3 is 5.97 Å². The second kappa shape index (κ2) is 8.35. The van der Waals surface area contributed by atoms with E-state index in [4.69, 9.17) is 4.74 Å². The number of carbonyl (C=O) groups excluding carboxylic acids is 2. The van der Waals surface area contributed by atoms with Gasteiger partial charge in [-0.1, -0.05) is 31.0 Å². The van der Waals surface area contributed by atoms with Crippen molar-refractivity contribution in [3.8, 4) is 0 Å². The average Bonchev–Trinajstić information content (AvgIpc) is 3.22. The lowest BCUT2D eigenvalue weighted by molar-refractivity contribution is -0.114. The molecule has 1 aromatic carbocycles. The van der Waals surface area contributed by atoms with Gasteiger partial charge in [-0.05, 0) is 49.3 Å². The number of hydrogen-bond acceptors (Lipinski definition) is 5. The summed E-state index contributed by atoms with van der Waals surface area (Å²) in [5.41, 5.74) is 4.06. The maximum absolute atomic E-state index is 12.8. The maximum Gasteiger partial charge on any atom is 0.341 e. The first-order valence-electron chi connectivity index (χ1n) is 10.0. The number of ether oxygens (including phenoxy) is 1. The van der Waals surface area contributed by atoms with E-state index < -0.39 is 0 Å². The molecular weight excluding hydrogens is 372 g/mol. The molecule has 148 valence electrons. The molecule has 2 heterocycles. The third-order valence-electron chi connectivity index (χ3n) is 5.63. The van der Waals surface area contributed by atoms with Crippen molar-refractivity contribution in [1.82, 2.24) is 0 Å². The van der Waals surface area contributed by atoms with Crippen LogP contribution in [0.3, 0.4) is 0 Å². The fraction of sp³-hybridized carbons (Fsp3) is 0.455. The van der Waals surface area contributed by atoms with Gasteiger partial charge in [-0.15, -0.1) is 11.3 Å². The van der Waals surface area contributed by atoms with Crippen LogP contribution in [0.1, 0.15) is 52.0 Å². The monoisotopic (exact) mass is 398 g/mol. The predicted molar refractivity (Wildman–Crippen MR) is 113 cm³/mol. The number of nitrogens with one attached hydrogen (secondary N) is 1. The summed E-state index contributed by atoms with van der Waals surface area (Å²) in [6.45, 7) is 1.14.